The summed E-state index contributed by atoms with van der Waals surface area (Å²) in [6, 6.07) is 2.13. The van der Waals surface area contributed by atoms with Gasteiger partial charge in [0.1, 0.15) is 0 Å². The van der Waals surface area contributed by atoms with Crippen LogP contribution in [0.15, 0.2) is 0 Å². The summed E-state index contributed by atoms with van der Waals surface area (Å²) >= 11 is 0. The molecule has 3 rings (SSSR count). The normalized spacial score (nSPS) is 29.8. The van der Waals surface area contributed by atoms with Crippen molar-refractivity contribution in [3.63, 3.8) is 0 Å². The van der Waals surface area contributed by atoms with Gasteiger partial charge in [-0.1, -0.05) is 199 Å². The molecular weight excluding hydrogens is 1050 g/mol. The monoisotopic (exact) mass is 1170 g/mol. The van der Waals surface area contributed by atoms with Crippen molar-refractivity contribution in [1.82, 2.24) is 5.32 Å². The average molecular weight is 1170 g/mol. The molecule has 3 aliphatic rings. The summed E-state index contributed by atoms with van der Waals surface area (Å²) < 4.78 is 68.3. The molecule has 3 saturated heterocycles. The number of hydrogen-bond donors (Lipinski definition) is 5. The Hall–Kier alpha value is 0.958. The van der Waals surface area contributed by atoms with Crippen molar-refractivity contribution >= 4 is 61.6 Å². The standard InChI is InChI=1S/C53H118N2O12Si7/c1-48(2)32-19-13-25-41-68(56)59-71(44-28-16-22-35-51(7)8)61-69(57,42-26-14-20-33-49(3)4)63-73(47-31-39-55-40-38-54)64-70(58,43-27-15-21-34-50(5)6)62-72(60-68,45-29-17-23-36-52(9)10)66-74(65-71,67-73)46-30-18-24-37-53(11)12/h48-53,55-58H,13-47,54H2,1-12H3/t68?,69?,70?,71-,72+,73?,74?. The van der Waals surface area contributed by atoms with E-state index in [4.69, 9.17) is 42.8 Å². The van der Waals surface area contributed by atoms with E-state index in [9.17, 15) is 14.4 Å². The third kappa shape index (κ3) is 27.6. The van der Waals surface area contributed by atoms with Gasteiger partial charge in [-0.25, -0.2) is 0 Å². The molecule has 0 aliphatic carbocycles. The van der Waals surface area contributed by atoms with Gasteiger partial charge in [0, 0.05) is 55.4 Å². The zero-order valence-electron chi connectivity index (χ0n) is 49.8. The second-order valence-electron chi connectivity index (χ2n) is 25.4. The first-order valence-electron chi connectivity index (χ1n) is 30.8. The van der Waals surface area contributed by atoms with E-state index in [2.05, 4.69) is 88.4 Å². The third-order valence-corrected chi connectivity index (χ3v) is 44.0. The van der Waals surface area contributed by atoms with E-state index in [0.29, 0.717) is 112 Å². The summed E-state index contributed by atoms with van der Waals surface area (Å²) in [6.45, 7) is 28.8. The smallest absolute Gasteiger partial charge is 0.391 e. The van der Waals surface area contributed by atoms with Crippen LogP contribution in [0, 0.1) is 35.5 Å². The maximum atomic E-state index is 13.6. The highest BCUT2D eigenvalue weighted by molar-refractivity contribution is 6.98. The number of nitrogens with one attached hydrogen (secondary N) is 1. The summed E-state index contributed by atoms with van der Waals surface area (Å²) in [5, 5.41) is 3.45. The first kappa shape index (κ1) is 69.2. The lowest BCUT2D eigenvalue weighted by atomic mass is 10.1. The highest BCUT2D eigenvalue weighted by Crippen LogP contribution is 2.49. The van der Waals surface area contributed by atoms with Crippen molar-refractivity contribution in [2.24, 2.45) is 41.2 Å². The third-order valence-electron chi connectivity index (χ3n) is 14.6. The molecule has 21 heteroatoms. The maximum absolute atomic E-state index is 13.6. The Morgan fingerprint density at radius 3 is 0.730 bits per heavy atom. The molecule has 14 nitrogen and oxygen atoms in total. The fourth-order valence-corrected chi connectivity index (χ4v) is 48.1. The molecule has 7 atom stereocenters. The van der Waals surface area contributed by atoms with Crippen LogP contribution in [0.3, 0.4) is 0 Å². The average Bonchev–Trinajstić information content (AvgIpc) is 3.26. The minimum atomic E-state index is -4.42. The molecule has 0 aromatic carbocycles. The van der Waals surface area contributed by atoms with Crippen LogP contribution >= 0.6 is 0 Å². The summed E-state index contributed by atoms with van der Waals surface area (Å²) in [5.41, 5.74) is 5.95. The summed E-state index contributed by atoms with van der Waals surface area (Å²) in [5.74, 6) is 3.40. The van der Waals surface area contributed by atoms with Gasteiger partial charge in [-0.2, -0.15) is 0 Å². The van der Waals surface area contributed by atoms with Crippen molar-refractivity contribution in [2.75, 3.05) is 19.6 Å². The molecule has 6 N–H and O–H groups in total. The highest BCUT2D eigenvalue weighted by atomic mass is 28.6. The van der Waals surface area contributed by atoms with E-state index in [0.717, 1.165) is 122 Å². The predicted octanol–water partition coefficient (Wildman–Crippen LogP) is 14.0. The van der Waals surface area contributed by atoms with Crippen LogP contribution < -0.4 is 11.1 Å². The van der Waals surface area contributed by atoms with Gasteiger partial charge in [0.2, 0.25) is 0 Å². The molecule has 0 amide bonds. The molecule has 0 aromatic heterocycles. The van der Waals surface area contributed by atoms with Crippen LogP contribution in [0.4, 0.5) is 0 Å². The van der Waals surface area contributed by atoms with Gasteiger partial charge in [-0.05, 0) is 87.0 Å². The molecular formula is C53H118N2O12Si7. The Labute approximate surface area is 462 Å². The Morgan fingerprint density at radius 2 is 0.500 bits per heavy atom. The van der Waals surface area contributed by atoms with Gasteiger partial charge in [0.25, 0.3) is 0 Å². The lowest BCUT2D eigenvalue weighted by Gasteiger charge is -2.57. The lowest BCUT2D eigenvalue weighted by molar-refractivity contribution is 0.00695. The molecule has 0 saturated carbocycles. The van der Waals surface area contributed by atoms with E-state index >= 15 is 0 Å². The van der Waals surface area contributed by atoms with Crippen LogP contribution in [-0.2, 0) is 37.0 Å². The highest BCUT2D eigenvalue weighted by Gasteiger charge is 2.76. The van der Waals surface area contributed by atoms with Crippen LogP contribution in [0.25, 0.3) is 0 Å². The number of rotatable bonds is 42. The van der Waals surface area contributed by atoms with Crippen LogP contribution in [0.5, 0.6) is 0 Å². The Balaban J connectivity index is 2.42. The molecule has 5 unspecified atom stereocenters. The molecule has 3 heterocycles. The van der Waals surface area contributed by atoms with Crippen molar-refractivity contribution in [3.8, 4) is 0 Å². The first-order valence-corrected chi connectivity index (χ1v) is 44.5. The SMILES string of the molecule is CC(C)CCCCC[Si]1(O)O[Si]2(CCCNCCN)O[Si](O)(CCCCCC(C)C)O[Si@]3(CCCCCC(C)C)O[Si](O)(CCCCCC(C)C)O[Si@](CCCCCC(C)C)(O1)O[Si](CCCCCC(C)C)(O2)O3. The Bertz CT molecular complexity index is 1410. The van der Waals surface area contributed by atoms with Gasteiger partial charge in [0.15, 0.2) is 0 Å². The second kappa shape index (κ2) is 35.1. The fourth-order valence-electron chi connectivity index (χ4n) is 10.5. The summed E-state index contributed by atoms with van der Waals surface area (Å²) in [6.07, 6.45) is 22.7. The van der Waals surface area contributed by atoms with Crippen LogP contribution in [-0.4, -0.2) is 95.7 Å². The summed E-state index contributed by atoms with van der Waals surface area (Å²) in [4.78, 5) is 40.7. The van der Waals surface area contributed by atoms with Gasteiger partial charge >= 0.3 is 61.6 Å². The van der Waals surface area contributed by atoms with Gasteiger partial charge in [0.05, 0.1) is 0 Å². The molecule has 3 aliphatic heterocycles. The number of nitrogens with two attached hydrogens (primary N) is 1. The second-order valence-corrected chi connectivity index (χ2v) is 46.0. The minimum Gasteiger partial charge on any atom is -0.391 e. The minimum absolute atomic E-state index is 0.235. The molecule has 74 heavy (non-hydrogen) atoms. The zero-order chi connectivity index (χ0) is 54.8. The van der Waals surface area contributed by atoms with E-state index in [1.54, 1.807) is 0 Å². The van der Waals surface area contributed by atoms with Crippen molar-refractivity contribution < 1.29 is 51.4 Å². The van der Waals surface area contributed by atoms with Gasteiger partial charge in [-0.3, -0.25) is 0 Å². The quantitative estimate of drug-likeness (QED) is 0.0288. The van der Waals surface area contributed by atoms with Gasteiger partial charge < -0.3 is 62.5 Å². The predicted molar refractivity (Wildman–Crippen MR) is 317 cm³/mol. The lowest BCUT2D eigenvalue weighted by Crippen LogP contribution is -2.82. The summed E-state index contributed by atoms with van der Waals surface area (Å²) in [7, 11) is -30.1. The van der Waals surface area contributed by atoms with E-state index < -0.39 is 61.6 Å². The number of hydrogen-bond acceptors (Lipinski definition) is 14. The Kier molecular flexibility index (Phi) is 32.8. The molecule has 0 radical (unpaired) electrons. The Morgan fingerprint density at radius 1 is 0.284 bits per heavy atom. The van der Waals surface area contributed by atoms with Crippen LogP contribution in [0.1, 0.15) is 244 Å². The van der Waals surface area contributed by atoms with E-state index in [1.807, 2.05) is 0 Å². The largest absolute Gasteiger partial charge is 0.483 e. The first-order chi connectivity index (χ1) is 34.9. The van der Waals surface area contributed by atoms with Crippen molar-refractivity contribution in [3.05, 3.63) is 0 Å². The van der Waals surface area contributed by atoms with Crippen LogP contribution in [0.2, 0.25) is 42.3 Å². The number of unbranched alkanes of at least 4 members (excludes halogenated alkanes) is 12. The van der Waals surface area contributed by atoms with Gasteiger partial charge in [-0.15, -0.1) is 0 Å². The van der Waals surface area contributed by atoms with Crippen molar-refractivity contribution in [1.29, 1.82) is 0 Å². The molecule has 4 bridgehead atoms. The zero-order valence-corrected chi connectivity index (χ0v) is 56.8. The molecule has 0 spiro atoms. The maximum Gasteiger partial charge on any atom is 0.483 e. The molecule has 0 aromatic rings. The fraction of sp³-hybridized carbons (Fsp3) is 1.00. The number of fused-ring (bicyclic) bond motifs is 3. The van der Waals surface area contributed by atoms with Crippen molar-refractivity contribution in [2.45, 2.75) is 286 Å². The van der Waals surface area contributed by atoms with E-state index in [-0.39, 0.29) is 24.2 Å². The molecule has 3 fully saturated rings. The van der Waals surface area contributed by atoms with E-state index in [1.165, 1.54) is 0 Å². The topological polar surface area (TPSA) is 182 Å². The molecule has 440 valence electrons.